The second kappa shape index (κ2) is 5.27. The van der Waals surface area contributed by atoms with Gasteiger partial charge in [0.2, 0.25) is 0 Å². The van der Waals surface area contributed by atoms with Crippen molar-refractivity contribution in [3.8, 4) is 0 Å². The van der Waals surface area contributed by atoms with Crippen molar-refractivity contribution in [1.29, 1.82) is 0 Å². The van der Waals surface area contributed by atoms with Gasteiger partial charge in [0.05, 0.1) is 12.2 Å². The monoisotopic (exact) mass is 275 g/mol. The van der Waals surface area contributed by atoms with Gasteiger partial charge in [-0.05, 0) is 25.8 Å². The fourth-order valence-corrected chi connectivity index (χ4v) is 2.53. The number of furan rings is 1. The van der Waals surface area contributed by atoms with E-state index in [-0.39, 0.29) is 12.2 Å². The molecular formula is C13H16F3NO2. The molecule has 1 amide bonds. The van der Waals surface area contributed by atoms with Crippen LogP contribution >= 0.6 is 0 Å². The van der Waals surface area contributed by atoms with Crippen LogP contribution in [-0.4, -0.2) is 18.1 Å². The van der Waals surface area contributed by atoms with Gasteiger partial charge >= 0.3 is 6.18 Å². The smallest absolute Gasteiger partial charge is 0.393 e. The van der Waals surface area contributed by atoms with E-state index in [0.717, 1.165) is 0 Å². The molecule has 1 saturated carbocycles. The largest absolute Gasteiger partial charge is 0.459 e. The maximum atomic E-state index is 12.9. The number of rotatable bonds is 2. The molecule has 0 bridgehead atoms. The molecular weight excluding hydrogens is 259 g/mol. The average Bonchev–Trinajstić information content (AvgIpc) is 2.75. The molecule has 19 heavy (non-hydrogen) atoms. The van der Waals surface area contributed by atoms with Crippen molar-refractivity contribution in [2.45, 2.75) is 44.8 Å². The van der Waals surface area contributed by atoms with Crippen LogP contribution in [0.1, 0.15) is 41.8 Å². The Labute approximate surface area is 109 Å². The molecule has 1 N–H and O–H groups in total. The summed E-state index contributed by atoms with van der Waals surface area (Å²) in [5, 5.41) is 2.47. The third-order valence-electron chi connectivity index (χ3n) is 3.57. The first-order valence-corrected chi connectivity index (χ1v) is 6.31. The lowest BCUT2D eigenvalue weighted by Crippen LogP contribution is -2.47. The number of nitrogens with one attached hydrogen (secondary N) is 1. The van der Waals surface area contributed by atoms with Crippen LogP contribution in [0.15, 0.2) is 16.7 Å². The van der Waals surface area contributed by atoms with E-state index in [1.165, 1.54) is 6.26 Å². The number of carbonyl (C=O) groups is 1. The van der Waals surface area contributed by atoms with Crippen molar-refractivity contribution in [3.05, 3.63) is 23.7 Å². The number of hydrogen-bond donors (Lipinski definition) is 1. The van der Waals surface area contributed by atoms with Crippen LogP contribution in [0.25, 0.3) is 0 Å². The van der Waals surface area contributed by atoms with Gasteiger partial charge < -0.3 is 9.73 Å². The van der Waals surface area contributed by atoms with Crippen LogP contribution in [0, 0.1) is 12.8 Å². The van der Waals surface area contributed by atoms with Gasteiger partial charge in [-0.15, -0.1) is 0 Å². The summed E-state index contributed by atoms with van der Waals surface area (Å²) in [6.07, 6.45) is -1.23. The number of halogens is 3. The van der Waals surface area contributed by atoms with Gasteiger partial charge in [0.25, 0.3) is 5.91 Å². The third kappa shape index (κ3) is 3.11. The summed E-state index contributed by atoms with van der Waals surface area (Å²) in [4.78, 5) is 11.9. The van der Waals surface area contributed by atoms with Gasteiger partial charge in [-0.3, -0.25) is 4.79 Å². The third-order valence-corrected chi connectivity index (χ3v) is 3.57. The van der Waals surface area contributed by atoms with E-state index in [2.05, 4.69) is 5.32 Å². The Hall–Kier alpha value is -1.46. The Morgan fingerprint density at radius 1 is 1.37 bits per heavy atom. The van der Waals surface area contributed by atoms with E-state index in [9.17, 15) is 18.0 Å². The predicted octanol–water partition coefficient (Wildman–Crippen LogP) is 3.44. The van der Waals surface area contributed by atoms with Gasteiger partial charge in [-0.25, -0.2) is 0 Å². The molecule has 0 radical (unpaired) electrons. The van der Waals surface area contributed by atoms with Gasteiger partial charge in [0.15, 0.2) is 5.76 Å². The Balaban J connectivity index is 2.08. The van der Waals surface area contributed by atoms with Gasteiger partial charge in [0.1, 0.15) is 0 Å². The lowest BCUT2D eigenvalue weighted by molar-refractivity contribution is -0.187. The standard InChI is InChI=1S/C13H16F3NO2/c1-8-6-7-19-11(8)12(18)17-10-5-3-2-4-9(10)13(14,15)16/h6-7,9-10H,2-5H2,1H3,(H,17,18). The van der Waals surface area contributed by atoms with E-state index in [0.29, 0.717) is 24.8 Å². The van der Waals surface area contributed by atoms with E-state index < -0.39 is 24.0 Å². The van der Waals surface area contributed by atoms with Crippen molar-refractivity contribution in [2.24, 2.45) is 5.92 Å². The molecule has 0 spiro atoms. The average molecular weight is 275 g/mol. The highest BCUT2D eigenvalue weighted by Gasteiger charge is 2.46. The van der Waals surface area contributed by atoms with E-state index >= 15 is 0 Å². The lowest BCUT2D eigenvalue weighted by atomic mass is 9.84. The van der Waals surface area contributed by atoms with Crippen LogP contribution in [0.5, 0.6) is 0 Å². The number of aryl methyl sites for hydroxylation is 1. The topological polar surface area (TPSA) is 42.2 Å². The van der Waals surface area contributed by atoms with E-state index in [4.69, 9.17) is 4.42 Å². The summed E-state index contributed by atoms with van der Waals surface area (Å²) in [6, 6.07) is 0.752. The Bertz CT molecular complexity index is 453. The van der Waals surface area contributed by atoms with E-state index in [1.54, 1.807) is 13.0 Å². The fraction of sp³-hybridized carbons (Fsp3) is 0.615. The summed E-state index contributed by atoms with van der Waals surface area (Å²) in [7, 11) is 0. The molecule has 6 heteroatoms. The molecule has 0 aliphatic heterocycles. The first-order chi connectivity index (χ1) is 8.89. The molecule has 2 atom stereocenters. The second-order valence-electron chi connectivity index (χ2n) is 4.95. The maximum absolute atomic E-state index is 12.9. The second-order valence-corrected chi connectivity index (χ2v) is 4.95. The van der Waals surface area contributed by atoms with Crippen molar-refractivity contribution in [1.82, 2.24) is 5.32 Å². The summed E-state index contributed by atoms with van der Waals surface area (Å²) < 4.78 is 43.7. The zero-order chi connectivity index (χ0) is 14.0. The Morgan fingerprint density at radius 2 is 2.05 bits per heavy atom. The van der Waals surface area contributed by atoms with Crippen LogP contribution in [0.2, 0.25) is 0 Å². The van der Waals surface area contributed by atoms with Crippen molar-refractivity contribution >= 4 is 5.91 Å². The van der Waals surface area contributed by atoms with Crippen LogP contribution in [0.4, 0.5) is 13.2 Å². The SMILES string of the molecule is Cc1ccoc1C(=O)NC1CCCCC1C(F)(F)F. The first-order valence-electron chi connectivity index (χ1n) is 6.31. The molecule has 1 fully saturated rings. The molecule has 1 heterocycles. The highest BCUT2D eigenvalue weighted by molar-refractivity contribution is 5.93. The zero-order valence-corrected chi connectivity index (χ0v) is 10.6. The minimum atomic E-state index is -4.27. The first kappa shape index (κ1) is 14.0. The number of amides is 1. The molecule has 3 nitrogen and oxygen atoms in total. The Kier molecular flexibility index (Phi) is 3.87. The Morgan fingerprint density at radius 3 is 2.63 bits per heavy atom. The van der Waals surface area contributed by atoms with Crippen LogP contribution in [-0.2, 0) is 0 Å². The van der Waals surface area contributed by atoms with E-state index in [1.807, 2.05) is 0 Å². The summed E-state index contributed by atoms with van der Waals surface area (Å²) >= 11 is 0. The zero-order valence-electron chi connectivity index (χ0n) is 10.6. The minimum Gasteiger partial charge on any atom is -0.459 e. The molecule has 1 aliphatic carbocycles. The van der Waals surface area contributed by atoms with Gasteiger partial charge in [-0.2, -0.15) is 13.2 Å². The van der Waals surface area contributed by atoms with Crippen molar-refractivity contribution < 1.29 is 22.4 Å². The maximum Gasteiger partial charge on any atom is 0.393 e. The molecule has 0 aromatic carbocycles. The predicted molar refractivity (Wildman–Crippen MR) is 62.7 cm³/mol. The molecule has 0 saturated heterocycles. The normalized spacial score (nSPS) is 24.2. The molecule has 1 aliphatic rings. The van der Waals surface area contributed by atoms with Crippen LogP contribution < -0.4 is 5.32 Å². The number of alkyl halides is 3. The minimum absolute atomic E-state index is 0.0750. The summed E-state index contributed by atoms with van der Waals surface area (Å²) in [6.45, 7) is 1.68. The fourth-order valence-electron chi connectivity index (χ4n) is 2.53. The van der Waals surface area contributed by atoms with Crippen molar-refractivity contribution in [3.63, 3.8) is 0 Å². The summed E-state index contributed by atoms with van der Waals surface area (Å²) in [5.74, 6) is -1.93. The molecule has 2 rings (SSSR count). The molecule has 1 aromatic heterocycles. The highest BCUT2D eigenvalue weighted by Crippen LogP contribution is 2.37. The summed E-state index contributed by atoms with van der Waals surface area (Å²) in [5.41, 5.74) is 0.622. The molecule has 2 unspecified atom stereocenters. The number of hydrogen-bond acceptors (Lipinski definition) is 2. The number of carbonyl (C=O) groups excluding carboxylic acids is 1. The van der Waals surface area contributed by atoms with Gasteiger partial charge in [0, 0.05) is 11.6 Å². The highest BCUT2D eigenvalue weighted by atomic mass is 19.4. The molecule has 1 aromatic rings. The quantitative estimate of drug-likeness (QED) is 0.898. The van der Waals surface area contributed by atoms with Gasteiger partial charge in [-0.1, -0.05) is 12.8 Å². The van der Waals surface area contributed by atoms with Crippen LogP contribution in [0.3, 0.4) is 0 Å². The lowest BCUT2D eigenvalue weighted by Gasteiger charge is -2.33. The van der Waals surface area contributed by atoms with Crippen molar-refractivity contribution in [2.75, 3.05) is 0 Å². The molecule has 106 valence electrons.